The molecule has 1 aliphatic rings. The largest absolute Gasteiger partial charge is 0.481 e. The van der Waals surface area contributed by atoms with Crippen molar-refractivity contribution in [1.29, 1.82) is 0 Å². The number of benzene rings is 1. The van der Waals surface area contributed by atoms with E-state index in [-0.39, 0.29) is 11.8 Å². The second kappa shape index (κ2) is 5.65. The minimum absolute atomic E-state index is 0.203. The summed E-state index contributed by atoms with van der Waals surface area (Å²) >= 11 is 0. The highest BCUT2D eigenvalue weighted by Gasteiger charge is 2.43. The normalized spacial score (nSPS) is 21.7. The fourth-order valence-corrected chi connectivity index (χ4v) is 2.26. The second-order valence-electron chi connectivity index (χ2n) is 5.20. The van der Waals surface area contributed by atoms with E-state index in [1.165, 1.54) is 6.07 Å². The number of hydrogen-bond acceptors (Lipinski definition) is 2. The molecule has 1 aromatic rings. The highest BCUT2D eigenvalue weighted by molar-refractivity contribution is 5.73. The zero-order valence-corrected chi connectivity index (χ0v) is 10.8. The number of halogens is 2. The molecule has 1 fully saturated rings. The van der Waals surface area contributed by atoms with Gasteiger partial charge in [0.15, 0.2) is 11.6 Å². The number of rotatable bonds is 6. The van der Waals surface area contributed by atoms with Crippen molar-refractivity contribution in [2.45, 2.75) is 12.8 Å². The van der Waals surface area contributed by atoms with Gasteiger partial charge in [-0.2, -0.15) is 0 Å². The summed E-state index contributed by atoms with van der Waals surface area (Å²) in [5, 5.41) is 8.81. The number of likely N-dealkylation sites (N-methyl/N-ethyl adjacent to an activating group) is 1. The summed E-state index contributed by atoms with van der Waals surface area (Å²) in [6.07, 6.45) is 1.36. The van der Waals surface area contributed by atoms with Crippen LogP contribution in [0.25, 0.3) is 0 Å². The number of carboxylic acid groups (broad SMARTS) is 1. The van der Waals surface area contributed by atoms with Gasteiger partial charge in [0.1, 0.15) is 0 Å². The van der Waals surface area contributed by atoms with Gasteiger partial charge in [-0.25, -0.2) is 8.78 Å². The molecule has 2 unspecified atom stereocenters. The Morgan fingerprint density at radius 1 is 1.42 bits per heavy atom. The first kappa shape index (κ1) is 13.9. The zero-order valence-electron chi connectivity index (χ0n) is 10.8. The first-order chi connectivity index (χ1) is 8.97. The van der Waals surface area contributed by atoms with E-state index in [1.807, 2.05) is 11.9 Å². The summed E-state index contributed by atoms with van der Waals surface area (Å²) in [6, 6.07) is 3.91. The Hall–Kier alpha value is -1.49. The van der Waals surface area contributed by atoms with Gasteiger partial charge >= 0.3 is 5.97 Å². The van der Waals surface area contributed by atoms with Crippen LogP contribution in [0.4, 0.5) is 8.78 Å². The molecule has 1 aromatic carbocycles. The molecule has 0 saturated heterocycles. The van der Waals surface area contributed by atoms with Crippen molar-refractivity contribution in [3.63, 3.8) is 0 Å². The van der Waals surface area contributed by atoms with E-state index in [1.54, 1.807) is 6.07 Å². The summed E-state index contributed by atoms with van der Waals surface area (Å²) in [4.78, 5) is 12.7. The Morgan fingerprint density at radius 3 is 2.74 bits per heavy atom. The van der Waals surface area contributed by atoms with Crippen LogP contribution in [0.5, 0.6) is 0 Å². The van der Waals surface area contributed by atoms with Crippen LogP contribution >= 0.6 is 0 Å². The predicted molar refractivity (Wildman–Crippen MR) is 66.8 cm³/mol. The van der Waals surface area contributed by atoms with Crippen molar-refractivity contribution in [1.82, 2.24) is 4.90 Å². The summed E-state index contributed by atoms with van der Waals surface area (Å²) in [6.45, 7) is 1.44. The molecule has 1 aliphatic carbocycles. The number of carboxylic acids is 1. The van der Waals surface area contributed by atoms with Crippen molar-refractivity contribution >= 4 is 5.97 Å². The van der Waals surface area contributed by atoms with E-state index in [2.05, 4.69) is 0 Å². The van der Waals surface area contributed by atoms with Gasteiger partial charge in [-0.15, -0.1) is 0 Å². The highest BCUT2D eigenvalue weighted by atomic mass is 19.2. The Bertz CT molecular complexity index is 479. The van der Waals surface area contributed by atoms with Crippen molar-refractivity contribution in [3.05, 3.63) is 35.4 Å². The second-order valence-corrected chi connectivity index (χ2v) is 5.20. The van der Waals surface area contributed by atoms with E-state index in [0.717, 1.165) is 24.6 Å². The molecule has 0 aromatic heterocycles. The fraction of sp³-hybridized carbons (Fsp3) is 0.500. The van der Waals surface area contributed by atoms with Gasteiger partial charge in [0.2, 0.25) is 0 Å². The highest BCUT2D eigenvalue weighted by Crippen LogP contribution is 2.38. The summed E-state index contributed by atoms with van der Waals surface area (Å²) in [5.41, 5.74) is 0.747. The first-order valence-electron chi connectivity index (χ1n) is 6.32. The molecule has 0 heterocycles. The summed E-state index contributed by atoms with van der Waals surface area (Å²) in [7, 11) is 1.91. The van der Waals surface area contributed by atoms with Crippen LogP contribution < -0.4 is 0 Å². The third-order valence-electron chi connectivity index (χ3n) is 3.55. The van der Waals surface area contributed by atoms with E-state index in [4.69, 9.17) is 5.11 Å². The summed E-state index contributed by atoms with van der Waals surface area (Å²) in [5.74, 6) is -2.36. The number of aliphatic carboxylic acids is 1. The Labute approximate surface area is 110 Å². The van der Waals surface area contributed by atoms with Crippen LogP contribution in [0.15, 0.2) is 18.2 Å². The van der Waals surface area contributed by atoms with Gasteiger partial charge in [-0.05, 0) is 43.5 Å². The van der Waals surface area contributed by atoms with E-state index >= 15 is 0 Å². The monoisotopic (exact) mass is 269 g/mol. The molecule has 19 heavy (non-hydrogen) atoms. The Kier molecular flexibility index (Phi) is 4.14. The smallest absolute Gasteiger partial charge is 0.306 e. The molecule has 0 spiro atoms. The quantitative estimate of drug-likeness (QED) is 0.860. The lowest BCUT2D eigenvalue weighted by molar-refractivity contribution is -0.138. The van der Waals surface area contributed by atoms with Crippen LogP contribution in [0.1, 0.15) is 12.0 Å². The molecule has 5 heteroatoms. The lowest BCUT2D eigenvalue weighted by Crippen LogP contribution is -2.24. The third kappa shape index (κ3) is 3.73. The molecular formula is C14H17F2NO2. The average molecular weight is 269 g/mol. The predicted octanol–water partition coefficient (Wildman–Crippen LogP) is 2.16. The van der Waals surface area contributed by atoms with Gasteiger partial charge in [-0.3, -0.25) is 4.79 Å². The minimum atomic E-state index is -0.834. The van der Waals surface area contributed by atoms with Crippen LogP contribution in [-0.2, 0) is 11.2 Å². The zero-order chi connectivity index (χ0) is 14.0. The maximum absolute atomic E-state index is 13.0. The fourth-order valence-electron chi connectivity index (χ4n) is 2.26. The van der Waals surface area contributed by atoms with E-state index in [9.17, 15) is 13.6 Å². The number of nitrogens with zero attached hydrogens (tertiary/aromatic N) is 1. The Balaban J connectivity index is 1.76. The molecular weight excluding hydrogens is 252 g/mol. The van der Waals surface area contributed by atoms with Crippen molar-refractivity contribution < 1.29 is 18.7 Å². The van der Waals surface area contributed by atoms with Crippen molar-refractivity contribution in [2.24, 2.45) is 11.8 Å². The van der Waals surface area contributed by atoms with Gasteiger partial charge in [0.25, 0.3) is 0 Å². The topological polar surface area (TPSA) is 40.5 Å². The van der Waals surface area contributed by atoms with Crippen LogP contribution in [0, 0.1) is 23.5 Å². The molecule has 2 atom stereocenters. The summed E-state index contributed by atoms with van der Waals surface area (Å²) < 4.78 is 25.8. The number of hydrogen-bond donors (Lipinski definition) is 1. The van der Waals surface area contributed by atoms with Crippen molar-refractivity contribution in [2.75, 3.05) is 20.1 Å². The van der Waals surface area contributed by atoms with Crippen LogP contribution in [0.2, 0.25) is 0 Å². The molecule has 104 valence electrons. The van der Waals surface area contributed by atoms with Crippen molar-refractivity contribution in [3.8, 4) is 0 Å². The van der Waals surface area contributed by atoms with Gasteiger partial charge in [0.05, 0.1) is 5.92 Å². The molecule has 2 rings (SSSR count). The van der Waals surface area contributed by atoms with Gasteiger partial charge in [-0.1, -0.05) is 6.07 Å². The van der Waals surface area contributed by atoms with Crippen LogP contribution in [0.3, 0.4) is 0 Å². The Morgan fingerprint density at radius 2 is 2.16 bits per heavy atom. The minimum Gasteiger partial charge on any atom is -0.481 e. The molecule has 1 N–H and O–H groups in total. The van der Waals surface area contributed by atoms with Crippen LogP contribution in [-0.4, -0.2) is 36.1 Å². The molecule has 0 bridgehead atoms. The SMILES string of the molecule is CN(CCc1ccc(F)c(F)c1)CC1CC1C(=O)O. The molecule has 3 nitrogen and oxygen atoms in total. The number of carbonyl (C=O) groups is 1. The molecule has 0 aliphatic heterocycles. The average Bonchev–Trinajstić information content (AvgIpc) is 3.10. The van der Waals surface area contributed by atoms with E-state index < -0.39 is 17.6 Å². The standard InChI is InChI=1S/C14H17F2NO2/c1-17(8-10-7-11(10)14(18)19)5-4-9-2-3-12(15)13(16)6-9/h2-3,6,10-11H,4-5,7-8H2,1H3,(H,18,19). The lowest BCUT2D eigenvalue weighted by atomic mass is 10.1. The maximum Gasteiger partial charge on any atom is 0.306 e. The first-order valence-corrected chi connectivity index (χ1v) is 6.32. The lowest BCUT2D eigenvalue weighted by Gasteiger charge is -2.16. The molecule has 1 saturated carbocycles. The van der Waals surface area contributed by atoms with E-state index in [0.29, 0.717) is 13.0 Å². The third-order valence-corrected chi connectivity index (χ3v) is 3.55. The molecule has 0 radical (unpaired) electrons. The molecule has 0 amide bonds. The van der Waals surface area contributed by atoms with Gasteiger partial charge in [0, 0.05) is 13.1 Å². The van der Waals surface area contributed by atoms with Gasteiger partial charge < -0.3 is 10.0 Å². The maximum atomic E-state index is 13.0.